The average Bonchev–Trinajstić information content (AvgIpc) is 2.77. The summed E-state index contributed by atoms with van der Waals surface area (Å²) in [5.41, 5.74) is 2.31. The fourth-order valence-corrected chi connectivity index (χ4v) is 3.09. The van der Waals surface area contributed by atoms with E-state index in [0.717, 1.165) is 24.4 Å². The molecule has 102 valence electrons. The van der Waals surface area contributed by atoms with Crippen LogP contribution >= 0.6 is 0 Å². The van der Waals surface area contributed by atoms with Gasteiger partial charge in [-0.15, -0.1) is 0 Å². The van der Waals surface area contributed by atoms with Crippen LogP contribution in [-0.2, 0) is 12.5 Å². The van der Waals surface area contributed by atoms with Gasteiger partial charge in [-0.05, 0) is 31.5 Å². The molecule has 4 nitrogen and oxygen atoms in total. The summed E-state index contributed by atoms with van der Waals surface area (Å²) in [5, 5.41) is 3.49. The summed E-state index contributed by atoms with van der Waals surface area (Å²) in [5.74, 6) is 2.03. The molecule has 1 unspecified atom stereocenters. The molecule has 1 aromatic heterocycles. The Balaban J connectivity index is 2.11. The highest BCUT2D eigenvalue weighted by Crippen LogP contribution is 2.32. The molecule has 1 fully saturated rings. The van der Waals surface area contributed by atoms with Gasteiger partial charge in [0.2, 0.25) is 0 Å². The van der Waals surface area contributed by atoms with Crippen molar-refractivity contribution in [1.29, 1.82) is 0 Å². The molecule has 2 heterocycles. The monoisotopic (exact) mass is 259 g/mol. The molecule has 1 aromatic carbocycles. The Hall–Kier alpha value is -1.55. The fourth-order valence-electron chi connectivity index (χ4n) is 3.09. The molecule has 1 aliphatic heterocycles. The first kappa shape index (κ1) is 12.5. The fraction of sp³-hybridized carbons (Fsp3) is 0.533. The second kappa shape index (κ2) is 4.53. The number of rotatable bonds is 2. The highest BCUT2D eigenvalue weighted by molar-refractivity contribution is 5.78. The van der Waals surface area contributed by atoms with Gasteiger partial charge in [0.25, 0.3) is 0 Å². The van der Waals surface area contributed by atoms with Gasteiger partial charge < -0.3 is 14.6 Å². The summed E-state index contributed by atoms with van der Waals surface area (Å²) in [6.45, 7) is 4.42. The van der Waals surface area contributed by atoms with Crippen molar-refractivity contribution in [3.63, 3.8) is 0 Å². The summed E-state index contributed by atoms with van der Waals surface area (Å²) in [6.07, 6.45) is 2.40. The van der Waals surface area contributed by atoms with Gasteiger partial charge >= 0.3 is 0 Å². The summed E-state index contributed by atoms with van der Waals surface area (Å²) < 4.78 is 7.50. The van der Waals surface area contributed by atoms with Crippen molar-refractivity contribution in [3.05, 3.63) is 24.0 Å². The van der Waals surface area contributed by atoms with Gasteiger partial charge in [0.05, 0.1) is 18.1 Å². The number of aryl methyl sites for hydroxylation is 1. The Morgan fingerprint density at radius 1 is 1.42 bits per heavy atom. The normalized spacial score (nSPS) is 23.7. The number of hydrogen-bond acceptors (Lipinski definition) is 3. The standard InChI is InChI=1S/C15H21N3O/c1-15(7-4-8-16-10-15)14-17-12-9-11(19-3)5-6-13(12)18(14)2/h5-6,9,16H,4,7-8,10H2,1-3H3. The number of aromatic nitrogens is 2. The highest BCUT2D eigenvalue weighted by atomic mass is 16.5. The van der Waals surface area contributed by atoms with E-state index in [0.29, 0.717) is 0 Å². The molecule has 0 aliphatic carbocycles. The molecule has 1 aliphatic rings. The smallest absolute Gasteiger partial charge is 0.121 e. The Bertz CT molecular complexity index is 597. The van der Waals surface area contributed by atoms with E-state index in [1.807, 2.05) is 12.1 Å². The van der Waals surface area contributed by atoms with Crippen LogP contribution < -0.4 is 10.1 Å². The maximum atomic E-state index is 5.28. The van der Waals surface area contributed by atoms with E-state index in [1.54, 1.807) is 7.11 Å². The third-order valence-corrected chi connectivity index (χ3v) is 4.23. The summed E-state index contributed by atoms with van der Waals surface area (Å²) in [7, 11) is 3.80. The number of nitrogens with one attached hydrogen (secondary N) is 1. The Morgan fingerprint density at radius 2 is 2.26 bits per heavy atom. The average molecular weight is 259 g/mol. The van der Waals surface area contributed by atoms with Gasteiger partial charge in [-0.1, -0.05) is 6.92 Å². The molecular weight excluding hydrogens is 238 g/mol. The third-order valence-electron chi connectivity index (χ3n) is 4.23. The van der Waals surface area contributed by atoms with Crippen molar-refractivity contribution in [1.82, 2.24) is 14.9 Å². The maximum Gasteiger partial charge on any atom is 0.121 e. The molecule has 0 amide bonds. The zero-order valence-electron chi connectivity index (χ0n) is 11.9. The van der Waals surface area contributed by atoms with E-state index in [-0.39, 0.29) is 5.41 Å². The molecule has 0 bridgehead atoms. The zero-order chi connectivity index (χ0) is 13.5. The molecule has 1 saturated heterocycles. The minimum absolute atomic E-state index is 0.124. The van der Waals surface area contributed by atoms with Crippen LogP contribution in [0.2, 0.25) is 0 Å². The van der Waals surface area contributed by atoms with Crippen LogP contribution in [0.25, 0.3) is 11.0 Å². The molecule has 19 heavy (non-hydrogen) atoms. The van der Waals surface area contributed by atoms with Crippen LogP contribution in [0.5, 0.6) is 5.75 Å². The number of nitrogens with zero attached hydrogens (tertiary/aromatic N) is 2. The number of fused-ring (bicyclic) bond motifs is 1. The first-order chi connectivity index (χ1) is 9.14. The summed E-state index contributed by atoms with van der Waals surface area (Å²) >= 11 is 0. The van der Waals surface area contributed by atoms with Crippen LogP contribution in [0.1, 0.15) is 25.6 Å². The van der Waals surface area contributed by atoms with Crippen molar-refractivity contribution >= 4 is 11.0 Å². The molecule has 4 heteroatoms. The number of hydrogen-bond donors (Lipinski definition) is 1. The Labute approximate surface area is 113 Å². The lowest BCUT2D eigenvalue weighted by Gasteiger charge is -2.33. The number of methoxy groups -OCH3 is 1. The van der Waals surface area contributed by atoms with Crippen LogP contribution in [0.4, 0.5) is 0 Å². The molecule has 3 rings (SSSR count). The van der Waals surface area contributed by atoms with Crippen LogP contribution in [0.15, 0.2) is 18.2 Å². The first-order valence-corrected chi connectivity index (χ1v) is 6.86. The number of piperidine rings is 1. The van der Waals surface area contributed by atoms with Gasteiger partial charge in [0.15, 0.2) is 0 Å². The number of benzene rings is 1. The number of imidazole rings is 1. The lowest BCUT2D eigenvalue weighted by Crippen LogP contribution is -2.42. The second-order valence-corrected chi connectivity index (χ2v) is 5.69. The molecule has 0 saturated carbocycles. The van der Waals surface area contributed by atoms with E-state index in [9.17, 15) is 0 Å². The molecule has 2 aromatic rings. The van der Waals surface area contributed by atoms with Gasteiger partial charge in [-0.2, -0.15) is 0 Å². The van der Waals surface area contributed by atoms with E-state index in [4.69, 9.17) is 9.72 Å². The quantitative estimate of drug-likeness (QED) is 0.899. The summed E-state index contributed by atoms with van der Waals surface area (Å²) in [4.78, 5) is 4.86. The van der Waals surface area contributed by atoms with Gasteiger partial charge in [-0.25, -0.2) is 4.98 Å². The van der Waals surface area contributed by atoms with Crippen molar-refractivity contribution in [2.24, 2.45) is 7.05 Å². The predicted octanol–water partition coefficient (Wildman–Crippen LogP) is 2.22. The van der Waals surface area contributed by atoms with Crippen LogP contribution in [0.3, 0.4) is 0 Å². The minimum Gasteiger partial charge on any atom is -0.497 e. The highest BCUT2D eigenvalue weighted by Gasteiger charge is 2.33. The first-order valence-electron chi connectivity index (χ1n) is 6.86. The lowest BCUT2D eigenvalue weighted by molar-refractivity contribution is 0.318. The van der Waals surface area contributed by atoms with Crippen molar-refractivity contribution < 1.29 is 4.74 Å². The van der Waals surface area contributed by atoms with E-state index >= 15 is 0 Å². The van der Waals surface area contributed by atoms with Crippen molar-refractivity contribution in [2.75, 3.05) is 20.2 Å². The minimum atomic E-state index is 0.124. The van der Waals surface area contributed by atoms with E-state index in [2.05, 4.69) is 29.9 Å². The Morgan fingerprint density at radius 3 is 2.95 bits per heavy atom. The largest absolute Gasteiger partial charge is 0.497 e. The van der Waals surface area contributed by atoms with Gasteiger partial charge in [-0.3, -0.25) is 0 Å². The van der Waals surface area contributed by atoms with Gasteiger partial charge in [0, 0.05) is 25.1 Å². The second-order valence-electron chi connectivity index (χ2n) is 5.69. The molecular formula is C15H21N3O. The molecule has 0 radical (unpaired) electrons. The third kappa shape index (κ3) is 2.00. The zero-order valence-corrected chi connectivity index (χ0v) is 11.9. The molecule has 1 atom stereocenters. The van der Waals surface area contributed by atoms with E-state index in [1.165, 1.54) is 24.2 Å². The summed E-state index contributed by atoms with van der Waals surface area (Å²) in [6, 6.07) is 6.10. The maximum absolute atomic E-state index is 5.28. The predicted molar refractivity (Wildman–Crippen MR) is 76.7 cm³/mol. The van der Waals surface area contributed by atoms with Crippen molar-refractivity contribution in [2.45, 2.75) is 25.2 Å². The van der Waals surface area contributed by atoms with Crippen LogP contribution in [-0.4, -0.2) is 29.8 Å². The molecule has 0 spiro atoms. The molecule has 1 N–H and O–H groups in total. The van der Waals surface area contributed by atoms with E-state index < -0.39 is 0 Å². The Kier molecular flexibility index (Phi) is 2.97. The topological polar surface area (TPSA) is 39.1 Å². The number of ether oxygens (including phenoxy) is 1. The van der Waals surface area contributed by atoms with Gasteiger partial charge in [0.1, 0.15) is 11.6 Å². The SMILES string of the molecule is COc1ccc2c(c1)nc(C1(C)CCCNC1)n2C. The van der Waals surface area contributed by atoms with Crippen molar-refractivity contribution in [3.8, 4) is 5.75 Å². The van der Waals surface area contributed by atoms with Crippen LogP contribution in [0, 0.1) is 0 Å². The lowest BCUT2D eigenvalue weighted by atomic mass is 9.82.